The molecule has 0 rings (SSSR count). The first kappa shape index (κ1) is 149. The van der Waals surface area contributed by atoms with Crippen molar-refractivity contribution in [2.75, 3.05) is 140 Å². The standard InChI is InChI=1S/C15H30O.C13H27NO2.C13H27NO.C13H26O.C12H25NO.C11H24N2O2.C10H23NO.C9H20N2O2.C8H19NO.C6H15NO/c1-4-15(16)13-11-9-7-5-6-8-10-12-14(2)3;1-4-5-6-7-8-9-10-14-13(15)11-16-12(2)3;1-4-13(15)14-11-9-7-5-6-8-10-12(2)3;1-4-13(14)11-9-7-5-6-8-10-12(2)3;1-4-5-6-7-8-9-10-13-12(14)11(2)3;1-10(2)15-9-11(14)13-8-6-4-5-7-12-3;1-10(2)12-9-7-5-4-6-8-11-3;1-8(2)13-7-9(12)11-6-4-5-10-3;1-8(2)10-7-5-4-6-9-3;1-6(2)8-5-4-7-3/h14H,4-13H2,1-3H3;12H,4-11H2,1-3H3,(H,14,15);12H,4-11H2,1-3H3,(H,14,15);12H,4-11H2,1-3H3;11H,4-10H2,1-3H3,(H,13,14);10,12H,4-9H2,1-3H3,(H,13,14);10-11H,4-9H2,1-3H3;8,10H,4-7H2,1-3H3,(H,11,12);8-9H,4-7H2,1-3H3;6-7H,4-5H2,1-3H3. The van der Waals surface area contributed by atoms with Gasteiger partial charge in [-0.05, 0) is 239 Å². The molecule has 133 heavy (non-hydrogen) atoms. The normalized spacial score (nSPS) is 10.7. The molecular formula is C110H236N10O13. The number of hydrogen-bond acceptors (Lipinski definition) is 18. The summed E-state index contributed by atoms with van der Waals surface area (Å²) >= 11 is 0. The summed E-state index contributed by atoms with van der Waals surface area (Å²) in [5.41, 5.74) is 0. The van der Waals surface area contributed by atoms with Crippen molar-refractivity contribution in [2.45, 2.75) is 511 Å². The van der Waals surface area contributed by atoms with Gasteiger partial charge < -0.3 is 81.6 Å². The molecule has 0 saturated carbocycles. The van der Waals surface area contributed by atoms with Crippen LogP contribution in [0.4, 0.5) is 0 Å². The Bertz CT molecular complexity index is 2250. The average molecular weight is 1910 g/mol. The quantitative estimate of drug-likeness (QED) is 0.0253. The molecule has 23 nitrogen and oxygen atoms in total. The van der Waals surface area contributed by atoms with Gasteiger partial charge in [-0.15, -0.1) is 0 Å². The van der Waals surface area contributed by atoms with Gasteiger partial charge in [0.15, 0.2) is 0 Å². The number of rotatable bonds is 81. The Labute approximate surface area is 827 Å². The number of carbonyl (C=O) groups is 7. The molecule has 0 spiro atoms. The molecule has 0 aromatic rings. The van der Waals surface area contributed by atoms with E-state index in [2.05, 4.69) is 136 Å². The second kappa shape index (κ2) is 130. The number of likely N-dealkylation sites (N-methyl/N-ethyl adjacent to an activating group) is 1. The third-order valence-corrected chi connectivity index (χ3v) is 20.4. The van der Waals surface area contributed by atoms with Crippen LogP contribution in [0.2, 0.25) is 0 Å². The van der Waals surface area contributed by atoms with E-state index in [4.69, 9.17) is 28.4 Å². The molecule has 0 saturated heterocycles. The Morgan fingerprint density at radius 3 is 0.714 bits per heavy atom. The van der Waals surface area contributed by atoms with Crippen molar-refractivity contribution in [3.63, 3.8) is 0 Å². The Hall–Kier alpha value is -3.75. The predicted molar refractivity (Wildman–Crippen MR) is 576 cm³/mol. The van der Waals surface area contributed by atoms with Crippen LogP contribution in [-0.4, -0.2) is 218 Å². The zero-order chi connectivity index (χ0) is 103. The van der Waals surface area contributed by atoms with Gasteiger partial charge in [0.05, 0.1) is 43.2 Å². The monoisotopic (exact) mass is 1910 g/mol. The lowest BCUT2D eigenvalue weighted by atomic mass is 10.0. The Kier molecular flexibility index (Phi) is 146. The van der Waals surface area contributed by atoms with Crippen LogP contribution in [0.3, 0.4) is 0 Å². The summed E-state index contributed by atoms with van der Waals surface area (Å²) in [6.45, 7) is 64.0. The second-order valence-corrected chi connectivity index (χ2v) is 38.5. The summed E-state index contributed by atoms with van der Waals surface area (Å²) in [7, 11) is 9.74. The molecule has 0 aliphatic carbocycles. The van der Waals surface area contributed by atoms with Gasteiger partial charge >= 0.3 is 0 Å². The topological polar surface area (TPSA) is 295 Å². The number of Topliss-reactive ketones (excluding diaryl/α,β-unsaturated/α-hetero) is 2. The summed E-state index contributed by atoms with van der Waals surface area (Å²) in [5.74, 6) is 3.82. The van der Waals surface area contributed by atoms with Crippen molar-refractivity contribution in [1.29, 1.82) is 0 Å². The summed E-state index contributed by atoms with van der Waals surface area (Å²) < 4.78 is 31.5. The predicted octanol–water partition coefficient (Wildman–Crippen LogP) is 24.3. The fraction of sp³-hybridized carbons (Fsp3) is 0.936. The van der Waals surface area contributed by atoms with Gasteiger partial charge in [-0.25, -0.2) is 0 Å². The Balaban J connectivity index is -0.000000159. The van der Waals surface area contributed by atoms with E-state index in [1.807, 2.05) is 125 Å². The summed E-state index contributed by atoms with van der Waals surface area (Å²) in [6, 6.07) is 0. The third kappa shape index (κ3) is 178. The molecule has 804 valence electrons. The highest BCUT2D eigenvalue weighted by Crippen LogP contribution is 2.16. The number of hydrogen-bond donors (Lipinski definition) is 10. The number of nitrogens with one attached hydrogen (secondary N) is 10. The molecule has 0 aromatic carbocycles. The lowest BCUT2D eigenvalue weighted by Crippen LogP contribution is -2.30. The fourth-order valence-corrected chi connectivity index (χ4v) is 11.9. The van der Waals surface area contributed by atoms with Crippen LogP contribution in [-0.2, 0) is 62.0 Å². The molecular weight excluding hydrogens is 1670 g/mol. The van der Waals surface area contributed by atoms with Crippen LogP contribution in [0, 0.1) is 23.7 Å². The van der Waals surface area contributed by atoms with Crippen LogP contribution in [0.15, 0.2) is 0 Å². The number of ketones is 2. The zero-order valence-electron chi connectivity index (χ0n) is 94.1. The van der Waals surface area contributed by atoms with Crippen molar-refractivity contribution < 1.29 is 62.0 Å². The summed E-state index contributed by atoms with van der Waals surface area (Å²) in [4.78, 5) is 77.6. The first-order valence-electron chi connectivity index (χ1n) is 54.8. The van der Waals surface area contributed by atoms with E-state index in [1.165, 1.54) is 212 Å². The second-order valence-electron chi connectivity index (χ2n) is 38.5. The van der Waals surface area contributed by atoms with Crippen LogP contribution in [0.1, 0.15) is 475 Å². The van der Waals surface area contributed by atoms with Gasteiger partial charge in [0, 0.05) is 90.5 Å². The van der Waals surface area contributed by atoms with Gasteiger partial charge in [-0.3, -0.25) is 33.6 Å². The third-order valence-electron chi connectivity index (χ3n) is 20.4. The number of unbranched alkanes of at least 4 members (excludes halogenated alkanes) is 30. The molecule has 0 bridgehead atoms. The molecule has 5 amide bonds. The maximum Gasteiger partial charge on any atom is 0.246 e. The van der Waals surface area contributed by atoms with Crippen molar-refractivity contribution in [3.8, 4) is 0 Å². The lowest BCUT2D eigenvalue weighted by Gasteiger charge is -2.08. The van der Waals surface area contributed by atoms with Crippen LogP contribution < -0.4 is 53.2 Å². The molecule has 0 heterocycles. The molecule has 23 heteroatoms. The van der Waals surface area contributed by atoms with Gasteiger partial charge in [0.1, 0.15) is 31.4 Å². The Morgan fingerprint density at radius 1 is 0.211 bits per heavy atom. The molecule has 10 N–H and O–H groups in total. The van der Waals surface area contributed by atoms with Crippen LogP contribution >= 0.6 is 0 Å². The summed E-state index contributed by atoms with van der Waals surface area (Å²) in [6.07, 6.45) is 58.2. The maximum absolute atomic E-state index is 11.2. The Morgan fingerprint density at radius 2 is 0.436 bits per heavy atom. The lowest BCUT2D eigenvalue weighted by molar-refractivity contribution is -0.127. The molecule has 0 aliphatic heterocycles. The van der Waals surface area contributed by atoms with Crippen LogP contribution in [0.5, 0.6) is 0 Å². The van der Waals surface area contributed by atoms with Gasteiger partial charge in [-0.2, -0.15) is 0 Å². The average Bonchev–Trinajstić information content (AvgIpc) is 1.02. The molecule has 0 aliphatic rings. The van der Waals surface area contributed by atoms with Gasteiger partial charge in [0.2, 0.25) is 29.5 Å². The minimum absolute atomic E-state index is 0.00209. The zero-order valence-corrected chi connectivity index (χ0v) is 94.1. The van der Waals surface area contributed by atoms with E-state index >= 15 is 0 Å². The van der Waals surface area contributed by atoms with E-state index in [9.17, 15) is 33.6 Å². The van der Waals surface area contributed by atoms with Crippen LogP contribution in [0.25, 0.3) is 0 Å². The molecule has 0 aromatic heterocycles. The highest BCUT2D eigenvalue weighted by Gasteiger charge is 2.09. The molecule has 0 atom stereocenters. The van der Waals surface area contributed by atoms with Gasteiger partial charge in [-0.1, -0.05) is 283 Å². The number of ether oxygens (including phenoxy) is 6. The first-order chi connectivity index (χ1) is 63.5. The molecule has 0 fully saturated rings. The number of amides is 5. The maximum atomic E-state index is 11.2. The largest absolute Gasteiger partial charge is 0.379 e. The van der Waals surface area contributed by atoms with Gasteiger partial charge in [0.25, 0.3) is 0 Å². The SMILES string of the molecule is CCC(=O)CCCCCCCC(C)C.CCC(=O)CCCCCCCCCC(C)C.CCC(=O)NCCCCCCCC(C)C.CCCCCCCCNC(=O)C(C)C.CCCCCCCCNC(=O)COC(C)C.CNCCCCCCOC(C)C.CNCCCCCNC(=O)COC(C)C.CNCCCCOC(C)C.CNCCCNC(=O)COC(C)C.CNCCOC(C)C. The minimum atomic E-state index is -0.0372. The number of carbonyl (C=O) groups excluding carboxylic acids is 7. The molecule has 0 unspecified atom stereocenters. The van der Waals surface area contributed by atoms with Crippen molar-refractivity contribution in [2.24, 2.45) is 23.7 Å². The van der Waals surface area contributed by atoms with Crippen molar-refractivity contribution in [1.82, 2.24) is 53.2 Å². The minimum Gasteiger partial charge on any atom is -0.379 e. The van der Waals surface area contributed by atoms with E-state index in [0.717, 1.165) is 174 Å². The van der Waals surface area contributed by atoms with E-state index < -0.39 is 0 Å². The first-order valence-corrected chi connectivity index (χ1v) is 54.8. The summed E-state index contributed by atoms with van der Waals surface area (Å²) in [5, 5.41) is 29.6. The van der Waals surface area contributed by atoms with Crippen molar-refractivity contribution >= 4 is 41.1 Å². The van der Waals surface area contributed by atoms with Crippen molar-refractivity contribution in [3.05, 3.63) is 0 Å². The smallest absolute Gasteiger partial charge is 0.246 e. The highest BCUT2D eigenvalue weighted by molar-refractivity contribution is 5.79. The fourth-order valence-electron chi connectivity index (χ4n) is 11.9. The van der Waals surface area contributed by atoms with E-state index in [1.54, 1.807) is 0 Å². The van der Waals surface area contributed by atoms with E-state index in [0.29, 0.717) is 49.3 Å². The molecule has 0 radical (unpaired) electrons. The highest BCUT2D eigenvalue weighted by atomic mass is 16.5. The van der Waals surface area contributed by atoms with E-state index in [-0.39, 0.29) is 73.6 Å².